The number of carbonyl (C=O) groups is 2. The standard InChI is InChI=1S/C17H14N4O3S/c1-10-15(25-9-21-10)16(22)20-8-14-18-6-11(7-19-14)12-4-2-3-5-13(12)17(23)24/h2-7,9H,8H2,1H3,(H,20,22)(H,23,24). The van der Waals surface area contributed by atoms with E-state index in [2.05, 4.69) is 20.3 Å². The van der Waals surface area contributed by atoms with Gasteiger partial charge in [0.2, 0.25) is 0 Å². The van der Waals surface area contributed by atoms with E-state index in [0.717, 1.165) is 0 Å². The van der Waals surface area contributed by atoms with Crippen LogP contribution in [0.15, 0.2) is 42.2 Å². The lowest BCUT2D eigenvalue weighted by molar-refractivity contribution is 0.0697. The van der Waals surface area contributed by atoms with Crippen molar-refractivity contribution in [2.24, 2.45) is 0 Å². The second-order valence-electron chi connectivity index (χ2n) is 5.19. The summed E-state index contributed by atoms with van der Waals surface area (Å²) in [5.74, 6) is -0.789. The van der Waals surface area contributed by atoms with Crippen molar-refractivity contribution in [1.82, 2.24) is 20.3 Å². The highest BCUT2D eigenvalue weighted by Gasteiger charge is 2.13. The van der Waals surface area contributed by atoms with Gasteiger partial charge < -0.3 is 10.4 Å². The molecule has 25 heavy (non-hydrogen) atoms. The summed E-state index contributed by atoms with van der Waals surface area (Å²) in [7, 11) is 0. The van der Waals surface area contributed by atoms with Crippen molar-refractivity contribution in [3.05, 3.63) is 64.1 Å². The molecule has 0 aliphatic rings. The summed E-state index contributed by atoms with van der Waals surface area (Å²) in [5, 5.41) is 12.0. The van der Waals surface area contributed by atoms with Crippen LogP contribution in [0.3, 0.4) is 0 Å². The summed E-state index contributed by atoms with van der Waals surface area (Å²) in [6.07, 6.45) is 3.10. The van der Waals surface area contributed by atoms with Crippen LogP contribution in [0.25, 0.3) is 11.1 Å². The second kappa shape index (κ2) is 7.18. The van der Waals surface area contributed by atoms with Crippen LogP contribution < -0.4 is 5.32 Å². The van der Waals surface area contributed by atoms with Crippen LogP contribution in [0.5, 0.6) is 0 Å². The van der Waals surface area contributed by atoms with Gasteiger partial charge in [-0.15, -0.1) is 11.3 Å². The van der Waals surface area contributed by atoms with Crippen LogP contribution in [0.1, 0.15) is 31.5 Å². The molecule has 0 aliphatic carbocycles. The fourth-order valence-corrected chi connectivity index (χ4v) is 2.98. The maximum Gasteiger partial charge on any atom is 0.336 e. The number of carboxylic acids is 1. The average Bonchev–Trinajstić information content (AvgIpc) is 3.06. The molecule has 3 aromatic rings. The third kappa shape index (κ3) is 3.69. The summed E-state index contributed by atoms with van der Waals surface area (Å²) in [6.45, 7) is 1.95. The predicted molar refractivity (Wildman–Crippen MR) is 92.4 cm³/mol. The minimum Gasteiger partial charge on any atom is -0.478 e. The van der Waals surface area contributed by atoms with E-state index in [0.29, 0.717) is 27.5 Å². The van der Waals surface area contributed by atoms with Gasteiger partial charge in [-0.1, -0.05) is 18.2 Å². The average molecular weight is 354 g/mol. The van der Waals surface area contributed by atoms with E-state index in [1.54, 1.807) is 43.0 Å². The number of nitrogens with zero attached hydrogens (tertiary/aromatic N) is 3. The molecule has 7 nitrogen and oxygen atoms in total. The first kappa shape index (κ1) is 16.7. The number of carbonyl (C=O) groups excluding carboxylic acids is 1. The number of hydrogen-bond acceptors (Lipinski definition) is 6. The lowest BCUT2D eigenvalue weighted by Crippen LogP contribution is -2.23. The topological polar surface area (TPSA) is 105 Å². The molecule has 0 spiro atoms. The number of aromatic nitrogens is 3. The Morgan fingerprint density at radius 3 is 2.52 bits per heavy atom. The Balaban J connectivity index is 1.72. The summed E-state index contributed by atoms with van der Waals surface area (Å²) in [6, 6.07) is 6.66. The van der Waals surface area contributed by atoms with Crippen LogP contribution in [-0.4, -0.2) is 31.9 Å². The highest BCUT2D eigenvalue weighted by molar-refractivity contribution is 7.11. The van der Waals surface area contributed by atoms with E-state index in [9.17, 15) is 14.7 Å². The van der Waals surface area contributed by atoms with E-state index >= 15 is 0 Å². The van der Waals surface area contributed by atoms with Crippen molar-refractivity contribution in [2.45, 2.75) is 13.5 Å². The lowest BCUT2D eigenvalue weighted by Gasteiger charge is -2.07. The molecule has 2 N–H and O–H groups in total. The van der Waals surface area contributed by atoms with Crippen LogP contribution in [0.2, 0.25) is 0 Å². The fraction of sp³-hybridized carbons (Fsp3) is 0.118. The maximum absolute atomic E-state index is 12.0. The monoisotopic (exact) mass is 354 g/mol. The van der Waals surface area contributed by atoms with Crippen molar-refractivity contribution in [2.75, 3.05) is 0 Å². The predicted octanol–water partition coefficient (Wildman–Crippen LogP) is 2.54. The molecule has 0 radical (unpaired) electrons. The molecule has 0 fully saturated rings. The molecule has 3 rings (SSSR count). The highest BCUT2D eigenvalue weighted by atomic mass is 32.1. The summed E-state index contributed by atoms with van der Waals surface area (Å²) < 4.78 is 0. The van der Waals surface area contributed by atoms with Crippen LogP contribution in [-0.2, 0) is 6.54 Å². The fourth-order valence-electron chi connectivity index (χ4n) is 2.27. The summed E-state index contributed by atoms with van der Waals surface area (Å²) >= 11 is 1.28. The molecule has 0 aliphatic heterocycles. The molecule has 0 saturated carbocycles. The number of thiazole rings is 1. The van der Waals surface area contributed by atoms with Crippen molar-refractivity contribution in [3.8, 4) is 11.1 Å². The largest absolute Gasteiger partial charge is 0.478 e. The van der Waals surface area contributed by atoms with Crippen molar-refractivity contribution in [1.29, 1.82) is 0 Å². The first-order valence-corrected chi connectivity index (χ1v) is 8.26. The molecule has 1 aromatic carbocycles. The molecular formula is C17H14N4O3S. The number of hydrogen-bond donors (Lipinski definition) is 2. The third-order valence-electron chi connectivity index (χ3n) is 3.53. The van der Waals surface area contributed by atoms with Gasteiger partial charge in [-0.3, -0.25) is 4.79 Å². The van der Waals surface area contributed by atoms with Crippen LogP contribution in [0, 0.1) is 6.92 Å². The van der Waals surface area contributed by atoms with Gasteiger partial charge in [-0.05, 0) is 18.6 Å². The van der Waals surface area contributed by atoms with Gasteiger partial charge in [0.25, 0.3) is 5.91 Å². The van der Waals surface area contributed by atoms with E-state index in [4.69, 9.17) is 0 Å². The van der Waals surface area contributed by atoms with Gasteiger partial charge in [-0.25, -0.2) is 19.7 Å². The Kier molecular flexibility index (Phi) is 4.80. The molecule has 1 amide bonds. The summed E-state index contributed by atoms with van der Waals surface area (Å²) in [4.78, 5) is 36.3. The van der Waals surface area contributed by atoms with Crippen LogP contribution in [0.4, 0.5) is 0 Å². The number of carboxylic acid groups (broad SMARTS) is 1. The minimum atomic E-state index is -1.01. The molecule has 8 heteroatoms. The Hall–Kier alpha value is -3.13. The van der Waals surface area contributed by atoms with Gasteiger partial charge in [0, 0.05) is 18.0 Å². The number of aryl methyl sites for hydroxylation is 1. The Morgan fingerprint density at radius 1 is 1.16 bits per heavy atom. The molecule has 126 valence electrons. The molecular weight excluding hydrogens is 340 g/mol. The second-order valence-corrected chi connectivity index (χ2v) is 6.04. The van der Waals surface area contributed by atoms with Crippen LogP contribution >= 0.6 is 11.3 Å². The van der Waals surface area contributed by atoms with E-state index in [1.807, 2.05) is 0 Å². The highest BCUT2D eigenvalue weighted by Crippen LogP contribution is 2.22. The Labute approximate surface area is 147 Å². The molecule has 2 aromatic heterocycles. The maximum atomic E-state index is 12.0. The molecule has 2 heterocycles. The normalized spacial score (nSPS) is 10.4. The van der Waals surface area contributed by atoms with Gasteiger partial charge in [0.15, 0.2) is 0 Å². The number of nitrogens with one attached hydrogen (secondary N) is 1. The lowest BCUT2D eigenvalue weighted by atomic mass is 10.0. The first-order chi connectivity index (χ1) is 12.1. The van der Waals surface area contributed by atoms with Gasteiger partial charge in [-0.2, -0.15) is 0 Å². The number of benzene rings is 1. The molecule has 0 atom stereocenters. The smallest absolute Gasteiger partial charge is 0.336 e. The van der Waals surface area contributed by atoms with Crippen molar-refractivity contribution >= 4 is 23.2 Å². The van der Waals surface area contributed by atoms with Gasteiger partial charge in [0.05, 0.1) is 23.3 Å². The minimum absolute atomic E-state index is 0.178. The number of aromatic carboxylic acids is 1. The zero-order valence-electron chi connectivity index (χ0n) is 13.3. The zero-order valence-corrected chi connectivity index (χ0v) is 14.1. The van der Waals surface area contributed by atoms with E-state index < -0.39 is 5.97 Å². The van der Waals surface area contributed by atoms with Crippen molar-refractivity contribution in [3.63, 3.8) is 0 Å². The first-order valence-electron chi connectivity index (χ1n) is 7.38. The molecule has 0 saturated heterocycles. The number of amides is 1. The zero-order chi connectivity index (χ0) is 17.8. The van der Waals surface area contributed by atoms with Gasteiger partial charge >= 0.3 is 5.97 Å². The quantitative estimate of drug-likeness (QED) is 0.729. The Morgan fingerprint density at radius 2 is 1.88 bits per heavy atom. The van der Waals surface area contributed by atoms with E-state index in [1.165, 1.54) is 17.4 Å². The SMILES string of the molecule is Cc1ncsc1C(=O)NCc1ncc(-c2ccccc2C(=O)O)cn1. The molecule has 0 bridgehead atoms. The third-order valence-corrected chi connectivity index (χ3v) is 4.46. The Bertz CT molecular complexity index is 922. The van der Waals surface area contributed by atoms with Crippen molar-refractivity contribution < 1.29 is 14.7 Å². The summed E-state index contributed by atoms with van der Waals surface area (Å²) in [5.41, 5.74) is 3.64. The van der Waals surface area contributed by atoms with Gasteiger partial charge in [0.1, 0.15) is 10.7 Å². The molecule has 0 unspecified atom stereocenters. The number of rotatable bonds is 5. The van der Waals surface area contributed by atoms with E-state index in [-0.39, 0.29) is 18.0 Å².